The quantitative estimate of drug-likeness (QED) is 0.634. The first kappa shape index (κ1) is 14.9. The van der Waals surface area contributed by atoms with Gasteiger partial charge in [0.1, 0.15) is 11.9 Å². The fraction of sp³-hybridized carbons (Fsp3) is 0.250. The van der Waals surface area contributed by atoms with Crippen molar-refractivity contribution >= 4 is 11.6 Å². The lowest BCUT2D eigenvalue weighted by molar-refractivity contribution is 0.169. The zero-order valence-corrected chi connectivity index (χ0v) is 12.2. The smallest absolute Gasteiger partial charge is 0.121 e. The topological polar surface area (TPSA) is 47.3 Å². The first-order valence-corrected chi connectivity index (χ1v) is 6.99. The molecule has 4 heteroatoms. The standard InChI is InChI=1S/C16H19ClN2O/c1-12(20-15-9-5-8-14(17)11-15)16(19-18)10-13-6-3-2-4-7-13/h2-9,11-12,16,19H,10,18H2,1H3. The Morgan fingerprint density at radius 3 is 2.55 bits per heavy atom. The molecule has 3 nitrogen and oxygen atoms in total. The highest BCUT2D eigenvalue weighted by Crippen LogP contribution is 2.19. The summed E-state index contributed by atoms with van der Waals surface area (Å²) >= 11 is 5.95. The van der Waals surface area contributed by atoms with Crippen LogP contribution in [-0.2, 0) is 6.42 Å². The maximum Gasteiger partial charge on any atom is 0.121 e. The molecule has 2 aromatic carbocycles. The van der Waals surface area contributed by atoms with Crippen LogP contribution in [0.1, 0.15) is 12.5 Å². The van der Waals surface area contributed by atoms with E-state index in [0.717, 1.165) is 12.2 Å². The summed E-state index contributed by atoms with van der Waals surface area (Å²) in [6.45, 7) is 1.99. The van der Waals surface area contributed by atoms with Crippen molar-refractivity contribution in [2.75, 3.05) is 0 Å². The Kier molecular flexibility index (Phi) is 5.41. The lowest BCUT2D eigenvalue weighted by Gasteiger charge is -2.24. The Labute approximate surface area is 124 Å². The first-order chi connectivity index (χ1) is 9.69. The molecule has 0 spiro atoms. The Balaban J connectivity index is 2.00. The van der Waals surface area contributed by atoms with Crippen LogP contribution in [0.4, 0.5) is 0 Å². The van der Waals surface area contributed by atoms with Gasteiger partial charge in [-0.1, -0.05) is 48.0 Å². The molecule has 0 amide bonds. The number of hydrogen-bond donors (Lipinski definition) is 2. The van der Waals surface area contributed by atoms with Crippen LogP contribution >= 0.6 is 11.6 Å². The van der Waals surface area contributed by atoms with Gasteiger partial charge in [0, 0.05) is 5.02 Å². The van der Waals surface area contributed by atoms with Gasteiger partial charge in [-0.25, -0.2) is 0 Å². The summed E-state index contributed by atoms with van der Waals surface area (Å²) in [5, 5.41) is 0.662. The molecular formula is C16H19ClN2O. The third kappa shape index (κ3) is 4.23. The zero-order valence-electron chi connectivity index (χ0n) is 11.4. The molecule has 0 saturated carbocycles. The van der Waals surface area contributed by atoms with Crippen molar-refractivity contribution < 1.29 is 4.74 Å². The first-order valence-electron chi connectivity index (χ1n) is 6.61. The normalized spacial score (nSPS) is 13.8. The van der Waals surface area contributed by atoms with Gasteiger partial charge < -0.3 is 4.74 Å². The van der Waals surface area contributed by atoms with E-state index in [4.69, 9.17) is 22.2 Å². The predicted molar refractivity (Wildman–Crippen MR) is 82.8 cm³/mol. The molecule has 2 rings (SSSR count). The lowest BCUT2D eigenvalue weighted by Crippen LogP contribution is -2.46. The van der Waals surface area contributed by atoms with Crippen LogP contribution in [0.15, 0.2) is 54.6 Å². The number of benzene rings is 2. The van der Waals surface area contributed by atoms with Gasteiger partial charge in [0.15, 0.2) is 0 Å². The molecule has 0 bridgehead atoms. The minimum Gasteiger partial charge on any atom is -0.489 e. The SMILES string of the molecule is CC(Oc1cccc(Cl)c1)C(Cc1ccccc1)NN. The summed E-state index contributed by atoms with van der Waals surface area (Å²) in [6, 6.07) is 17.6. The van der Waals surface area contributed by atoms with Crippen molar-refractivity contribution in [2.24, 2.45) is 5.84 Å². The third-order valence-electron chi connectivity index (χ3n) is 3.20. The zero-order chi connectivity index (χ0) is 14.4. The van der Waals surface area contributed by atoms with Gasteiger partial charge in [0.25, 0.3) is 0 Å². The summed E-state index contributed by atoms with van der Waals surface area (Å²) < 4.78 is 5.89. The van der Waals surface area contributed by atoms with Gasteiger partial charge in [-0.3, -0.25) is 11.3 Å². The van der Waals surface area contributed by atoms with Gasteiger partial charge in [0.2, 0.25) is 0 Å². The molecule has 3 N–H and O–H groups in total. The second-order valence-corrected chi connectivity index (χ2v) is 5.18. The van der Waals surface area contributed by atoms with Crippen molar-refractivity contribution in [3.63, 3.8) is 0 Å². The van der Waals surface area contributed by atoms with E-state index in [0.29, 0.717) is 5.02 Å². The Hall–Kier alpha value is -1.55. The van der Waals surface area contributed by atoms with Crippen LogP contribution in [0.5, 0.6) is 5.75 Å². The average Bonchev–Trinajstić information content (AvgIpc) is 2.45. The van der Waals surface area contributed by atoms with Gasteiger partial charge in [-0.05, 0) is 37.1 Å². The van der Waals surface area contributed by atoms with E-state index in [2.05, 4.69) is 17.6 Å². The summed E-state index contributed by atoms with van der Waals surface area (Å²) in [4.78, 5) is 0. The summed E-state index contributed by atoms with van der Waals surface area (Å²) in [6.07, 6.45) is 0.734. The molecule has 106 valence electrons. The molecule has 2 unspecified atom stereocenters. The highest BCUT2D eigenvalue weighted by molar-refractivity contribution is 6.30. The molecule has 0 aliphatic rings. The molecule has 0 aliphatic carbocycles. The third-order valence-corrected chi connectivity index (χ3v) is 3.43. The minimum absolute atomic E-state index is 0.0244. The molecule has 2 atom stereocenters. The van der Waals surface area contributed by atoms with Crippen LogP contribution < -0.4 is 16.0 Å². The van der Waals surface area contributed by atoms with Gasteiger partial charge >= 0.3 is 0 Å². The van der Waals surface area contributed by atoms with Crippen LogP contribution in [0.3, 0.4) is 0 Å². The maximum absolute atomic E-state index is 5.95. The molecule has 20 heavy (non-hydrogen) atoms. The van der Waals surface area contributed by atoms with Crippen molar-refractivity contribution in [3.8, 4) is 5.75 Å². The van der Waals surface area contributed by atoms with E-state index in [1.54, 1.807) is 6.07 Å². The van der Waals surface area contributed by atoms with Gasteiger partial charge in [0.05, 0.1) is 6.04 Å². The largest absolute Gasteiger partial charge is 0.489 e. The summed E-state index contributed by atoms with van der Waals surface area (Å²) in [5.41, 5.74) is 4.05. The number of ether oxygens (including phenoxy) is 1. The van der Waals surface area contributed by atoms with E-state index < -0.39 is 0 Å². The lowest BCUT2D eigenvalue weighted by atomic mass is 10.0. The highest BCUT2D eigenvalue weighted by Gasteiger charge is 2.18. The number of hydrogen-bond acceptors (Lipinski definition) is 3. The van der Waals surface area contributed by atoms with Crippen LogP contribution in [-0.4, -0.2) is 12.1 Å². The summed E-state index contributed by atoms with van der Waals surface area (Å²) in [5.74, 6) is 6.40. The fourth-order valence-electron chi connectivity index (χ4n) is 2.07. The number of nitrogens with one attached hydrogen (secondary N) is 1. The molecular weight excluding hydrogens is 272 g/mol. The average molecular weight is 291 g/mol. The molecule has 0 fully saturated rings. The Morgan fingerprint density at radius 1 is 1.15 bits per heavy atom. The minimum atomic E-state index is -0.0707. The second-order valence-electron chi connectivity index (χ2n) is 4.74. The van der Waals surface area contributed by atoms with E-state index in [-0.39, 0.29) is 12.1 Å². The monoisotopic (exact) mass is 290 g/mol. The molecule has 0 aliphatic heterocycles. The fourth-order valence-corrected chi connectivity index (χ4v) is 2.25. The Bertz CT molecular complexity index is 533. The van der Waals surface area contributed by atoms with Crippen molar-refractivity contribution in [1.82, 2.24) is 5.43 Å². The molecule has 0 saturated heterocycles. The number of halogens is 1. The van der Waals surface area contributed by atoms with Crippen LogP contribution in [0, 0.1) is 0 Å². The van der Waals surface area contributed by atoms with E-state index in [1.807, 2.05) is 43.3 Å². The van der Waals surface area contributed by atoms with Gasteiger partial charge in [-0.15, -0.1) is 0 Å². The molecule has 0 aromatic heterocycles. The van der Waals surface area contributed by atoms with Crippen molar-refractivity contribution in [1.29, 1.82) is 0 Å². The molecule has 0 radical (unpaired) electrons. The second kappa shape index (κ2) is 7.29. The Morgan fingerprint density at radius 2 is 1.90 bits per heavy atom. The van der Waals surface area contributed by atoms with E-state index in [1.165, 1.54) is 5.56 Å². The van der Waals surface area contributed by atoms with Crippen LogP contribution in [0.25, 0.3) is 0 Å². The molecule has 2 aromatic rings. The highest BCUT2D eigenvalue weighted by atomic mass is 35.5. The van der Waals surface area contributed by atoms with Crippen LogP contribution in [0.2, 0.25) is 5.02 Å². The van der Waals surface area contributed by atoms with E-state index in [9.17, 15) is 0 Å². The number of hydrazine groups is 1. The van der Waals surface area contributed by atoms with E-state index >= 15 is 0 Å². The van der Waals surface area contributed by atoms with Crippen molar-refractivity contribution in [2.45, 2.75) is 25.5 Å². The number of nitrogens with two attached hydrogens (primary N) is 1. The maximum atomic E-state index is 5.95. The molecule has 0 heterocycles. The predicted octanol–water partition coefficient (Wildman–Crippen LogP) is 3.18. The van der Waals surface area contributed by atoms with Crippen molar-refractivity contribution in [3.05, 3.63) is 65.2 Å². The summed E-state index contributed by atoms with van der Waals surface area (Å²) in [7, 11) is 0. The van der Waals surface area contributed by atoms with Gasteiger partial charge in [-0.2, -0.15) is 0 Å². The number of rotatable bonds is 6.